The van der Waals surface area contributed by atoms with Gasteiger partial charge in [-0.1, -0.05) is 12.1 Å². The van der Waals surface area contributed by atoms with Crippen LogP contribution in [-0.2, 0) is 9.53 Å². The SMILES string of the molecule is Cc1nc2ccccc2nc1N(C)C1COCC1C(=O)O. The fourth-order valence-electron chi connectivity index (χ4n) is 2.73. The van der Waals surface area contributed by atoms with Crippen LogP contribution in [0.4, 0.5) is 5.82 Å². The van der Waals surface area contributed by atoms with Crippen LogP contribution in [0.25, 0.3) is 11.0 Å². The molecule has 0 bridgehead atoms. The smallest absolute Gasteiger partial charge is 0.311 e. The molecule has 1 fully saturated rings. The summed E-state index contributed by atoms with van der Waals surface area (Å²) in [7, 11) is 1.85. The van der Waals surface area contributed by atoms with E-state index in [1.165, 1.54) is 0 Å². The Bertz CT molecular complexity index is 689. The van der Waals surface area contributed by atoms with Gasteiger partial charge in [0.05, 0.1) is 36.0 Å². The molecule has 6 heteroatoms. The van der Waals surface area contributed by atoms with Gasteiger partial charge in [0, 0.05) is 7.05 Å². The Morgan fingerprint density at radius 3 is 2.62 bits per heavy atom. The zero-order chi connectivity index (χ0) is 15.0. The molecule has 1 saturated heterocycles. The number of anilines is 1. The van der Waals surface area contributed by atoms with Crippen molar-refractivity contribution in [3.8, 4) is 0 Å². The van der Waals surface area contributed by atoms with E-state index in [1.807, 2.05) is 43.1 Å². The maximum absolute atomic E-state index is 11.3. The van der Waals surface area contributed by atoms with E-state index in [-0.39, 0.29) is 12.6 Å². The minimum atomic E-state index is -0.837. The number of aromatic nitrogens is 2. The van der Waals surface area contributed by atoms with Crippen LogP contribution in [0.5, 0.6) is 0 Å². The lowest BCUT2D eigenvalue weighted by Crippen LogP contribution is -2.41. The van der Waals surface area contributed by atoms with Crippen LogP contribution in [0.1, 0.15) is 5.69 Å². The first-order valence-corrected chi connectivity index (χ1v) is 6.84. The summed E-state index contributed by atoms with van der Waals surface area (Å²) >= 11 is 0. The van der Waals surface area contributed by atoms with Crippen molar-refractivity contribution in [3.63, 3.8) is 0 Å². The molecule has 1 N–H and O–H groups in total. The molecule has 110 valence electrons. The average molecular weight is 287 g/mol. The van der Waals surface area contributed by atoms with E-state index in [1.54, 1.807) is 0 Å². The highest BCUT2D eigenvalue weighted by atomic mass is 16.5. The molecule has 0 amide bonds. The van der Waals surface area contributed by atoms with Crippen LogP contribution in [-0.4, -0.2) is 47.3 Å². The maximum Gasteiger partial charge on any atom is 0.311 e. The third kappa shape index (κ3) is 2.42. The van der Waals surface area contributed by atoms with Crippen LogP contribution in [0, 0.1) is 12.8 Å². The topological polar surface area (TPSA) is 75.5 Å². The Morgan fingerprint density at radius 1 is 1.29 bits per heavy atom. The number of carbonyl (C=O) groups is 1. The predicted molar refractivity (Wildman–Crippen MR) is 78.4 cm³/mol. The summed E-state index contributed by atoms with van der Waals surface area (Å²) in [6.07, 6.45) is 0. The lowest BCUT2D eigenvalue weighted by molar-refractivity contribution is -0.141. The molecule has 1 aliphatic heterocycles. The number of rotatable bonds is 3. The van der Waals surface area contributed by atoms with E-state index < -0.39 is 11.9 Å². The van der Waals surface area contributed by atoms with Gasteiger partial charge in [-0.2, -0.15) is 0 Å². The number of nitrogens with zero attached hydrogens (tertiary/aromatic N) is 3. The van der Waals surface area contributed by atoms with Crippen molar-refractivity contribution < 1.29 is 14.6 Å². The molecular formula is C15H17N3O3. The van der Waals surface area contributed by atoms with Gasteiger partial charge < -0.3 is 14.7 Å². The third-order valence-electron chi connectivity index (χ3n) is 3.92. The van der Waals surface area contributed by atoms with E-state index >= 15 is 0 Å². The van der Waals surface area contributed by atoms with Crippen molar-refractivity contribution in [2.45, 2.75) is 13.0 Å². The Kier molecular flexibility index (Phi) is 3.47. The van der Waals surface area contributed by atoms with E-state index in [9.17, 15) is 9.90 Å². The summed E-state index contributed by atoms with van der Waals surface area (Å²) in [6, 6.07) is 7.42. The van der Waals surface area contributed by atoms with Crippen LogP contribution in [0.2, 0.25) is 0 Å². The second-order valence-corrected chi connectivity index (χ2v) is 5.28. The van der Waals surface area contributed by atoms with Gasteiger partial charge in [0.25, 0.3) is 0 Å². The maximum atomic E-state index is 11.3. The van der Waals surface area contributed by atoms with E-state index in [2.05, 4.69) is 9.97 Å². The van der Waals surface area contributed by atoms with E-state index in [4.69, 9.17) is 4.74 Å². The quantitative estimate of drug-likeness (QED) is 0.921. The predicted octanol–water partition coefficient (Wildman–Crippen LogP) is 1.47. The second-order valence-electron chi connectivity index (χ2n) is 5.28. The second kappa shape index (κ2) is 5.29. The van der Waals surface area contributed by atoms with Gasteiger partial charge in [-0.15, -0.1) is 0 Å². The highest BCUT2D eigenvalue weighted by Gasteiger charge is 2.37. The number of likely N-dealkylation sites (N-methyl/N-ethyl adjacent to an activating group) is 1. The van der Waals surface area contributed by atoms with Gasteiger partial charge in [-0.05, 0) is 19.1 Å². The fraction of sp³-hybridized carbons (Fsp3) is 0.400. The number of fused-ring (bicyclic) bond motifs is 1. The largest absolute Gasteiger partial charge is 0.481 e. The van der Waals surface area contributed by atoms with Crippen LogP contribution < -0.4 is 4.90 Å². The summed E-state index contributed by atoms with van der Waals surface area (Å²) < 4.78 is 5.33. The summed E-state index contributed by atoms with van der Waals surface area (Å²) in [4.78, 5) is 22.4. The van der Waals surface area contributed by atoms with Gasteiger partial charge in [-0.25, -0.2) is 9.97 Å². The molecule has 2 aromatic rings. The van der Waals surface area contributed by atoms with Gasteiger partial charge in [0.1, 0.15) is 5.92 Å². The zero-order valence-corrected chi connectivity index (χ0v) is 12.0. The number of hydrogen-bond donors (Lipinski definition) is 1. The minimum absolute atomic E-state index is 0.225. The molecule has 1 aromatic heterocycles. The zero-order valence-electron chi connectivity index (χ0n) is 12.0. The normalized spacial score (nSPS) is 21.6. The number of ether oxygens (including phenoxy) is 1. The number of carboxylic acids is 1. The van der Waals surface area contributed by atoms with Crippen molar-refractivity contribution in [1.29, 1.82) is 0 Å². The summed E-state index contributed by atoms with van der Waals surface area (Å²) in [5.41, 5.74) is 2.42. The molecule has 2 atom stereocenters. The van der Waals surface area contributed by atoms with Crippen molar-refractivity contribution >= 4 is 22.8 Å². The number of aliphatic carboxylic acids is 1. The minimum Gasteiger partial charge on any atom is -0.481 e. The van der Waals surface area contributed by atoms with Crippen LogP contribution in [0.15, 0.2) is 24.3 Å². The summed E-state index contributed by atoms with van der Waals surface area (Å²) in [6.45, 7) is 2.52. The number of benzene rings is 1. The highest BCUT2D eigenvalue weighted by Crippen LogP contribution is 2.26. The first kappa shape index (κ1) is 13.8. The fourth-order valence-corrected chi connectivity index (χ4v) is 2.73. The molecule has 21 heavy (non-hydrogen) atoms. The van der Waals surface area contributed by atoms with Gasteiger partial charge in [-0.3, -0.25) is 4.79 Å². The molecule has 6 nitrogen and oxygen atoms in total. The van der Waals surface area contributed by atoms with Crippen molar-refractivity contribution in [2.24, 2.45) is 5.92 Å². The first-order valence-electron chi connectivity index (χ1n) is 6.84. The molecule has 0 saturated carbocycles. The standard InChI is InChI=1S/C15H17N3O3/c1-9-14(17-12-6-4-3-5-11(12)16-9)18(2)13-8-21-7-10(13)15(19)20/h3-6,10,13H,7-8H2,1-2H3,(H,19,20). The molecule has 2 unspecified atom stereocenters. The average Bonchev–Trinajstić information content (AvgIpc) is 2.95. The summed E-state index contributed by atoms with van der Waals surface area (Å²) in [5.74, 6) is -0.672. The molecule has 2 heterocycles. The monoisotopic (exact) mass is 287 g/mol. The molecule has 0 radical (unpaired) electrons. The summed E-state index contributed by atoms with van der Waals surface area (Å²) in [5, 5.41) is 9.28. The molecule has 1 aliphatic rings. The van der Waals surface area contributed by atoms with Gasteiger partial charge in [0.2, 0.25) is 0 Å². The van der Waals surface area contributed by atoms with Crippen LogP contribution >= 0.6 is 0 Å². The Balaban J connectivity index is 1.99. The Hall–Kier alpha value is -2.21. The van der Waals surface area contributed by atoms with E-state index in [0.29, 0.717) is 12.4 Å². The van der Waals surface area contributed by atoms with Crippen molar-refractivity contribution in [1.82, 2.24) is 9.97 Å². The first-order chi connectivity index (χ1) is 10.1. The Morgan fingerprint density at radius 2 is 1.95 bits per heavy atom. The number of aryl methyl sites for hydroxylation is 1. The number of hydrogen-bond acceptors (Lipinski definition) is 5. The third-order valence-corrected chi connectivity index (χ3v) is 3.92. The van der Waals surface area contributed by atoms with Crippen molar-refractivity contribution in [3.05, 3.63) is 30.0 Å². The molecule has 0 aliphatic carbocycles. The lowest BCUT2D eigenvalue weighted by atomic mass is 10.0. The van der Waals surface area contributed by atoms with E-state index in [0.717, 1.165) is 16.7 Å². The van der Waals surface area contributed by atoms with Gasteiger partial charge >= 0.3 is 5.97 Å². The highest BCUT2D eigenvalue weighted by molar-refractivity contribution is 5.77. The molecule has 3 rings (SSSR count). The number of carboxylic acid groups (broad SMARTS) is 1. The Labute approximate surface area is 122 Å². The molecule has 0 spiro atoms. The van der Waals surface area contributed by atoms with Gasteiger partial charge in [0.15, 0.2) is 5.82 Å². The number of para-hydroxylation sites is 2. The molecular weight excluding hydrogens is 270 g/mol. The molecule has 1 aromatic carbocycles. The lowest BCUT2D eigenvalue weighted by Gasteiger charge is -2.28. The van der Waals surface area contributed by atoms with Crippen molar-refractivity contribution in [2.75, 3.05) is 25.2 Å². The van der Waals surface area contributed by atoms with Crippen LogP contribution in [0.3, 0.4) is 0 Å².